The van der Waals surface area contributed by atoms with Crippen molar-refractivity contribution in [3.63, 3.8) is 0 Å². The maximum absolute atomic E-state index is 5.87. The molecule has 4 heterocycles. The lowest BCUT2D eigenvalue weighted by Gasteiger charge is -2.22. The van der Waals surface area contributed by atoms with Gasteiger partial charge in [0.15, 0.2) is 0 Å². The van der Waals surface area contributed by atoms with Crippen molar-refractivity contribution in [2.45, 2.75) is 32.4 Å². The third kappa shape index (κ3) is 2.84. The van der Waals surface area contributed by atoms with E-state index in [1.807, 2.05) is 36.3 Å². The first-order valence-corrected chi connectivity index (χ1v) is 8.86. The largest absolute Gasteiger partial charge is 0.441 e. The van der Waals surface area contributed by atoms with E-state index in [1.165, 1.54) is 18.4 Å². The number of thiophene rings is 1. The Labute approximate surface area is 139 Å². The third-order valence-electron chi connectivity index (χ3n) is 4.49. The van der Waals surface area contributed by atoms with Gasteiger partial charge in [-0.1, -0.05) is 0 Å². The van der Waals surface area contributed by atoms with E-state index in [4.69, 9.17) is 9.40 Å². The summed E-state index contributed by atoms with van der Waals surface area (Å²) >= 11 is 1.66. The fourth-order valence-electron chi connectivity index (χ4n) is 3.28. The van der Waals surface area contributed by atoms with Crippen LogP contribution in [-0.2, 0) is 13.6 Å². The predicted octanol–water partition coefficient (Wildman–Crippen LogP) is 3.78. The Morgan fingerprint density at radius 2 is 2.35 bits per heavy atom. The van der Waals surface area contributed by atoms with E-state index in [0.29, 0.717) is 6.04 Å². The summed E-state index contributed by atoms with van der Waals surface area (Å²) in [6, 6.07) is 2.48. The molecule has 0 spiro atoms. The molecule has 1 fully saturated rings. The molecule has 0 amide bonds. The quantitative estimate of drug-likeness (QED) is 0.731. The number of aromatic nitrogens is 3. The first-order valence-electron chi connectivity index (χ1n) is 7.92. The third-order valence-corrected chi connectivity index (χ3v) is 5.17. The number of aryl methyl sites for hydroxylation is 2. The Kier molecular flexibility index (Phi) is 3.79. The van der Waals surface area contributed by atoms with Crippen LogP contribution in [0.5, 0.6) is 0 Å². The Balaban J connectivity index is 1.55. The van der Waals surface area contributed by atoms with Gasteiger partial charge in [0, 0.05) is 42.3 Å². The van der Waals surface area contributed by atoms with Gasteiger partial charge in [-0.15, -0.1) is 0 Å². The molecule has 6 heteroatoms. The number of rotatable bonds is 4. The van der Waals surface area contributed by atoms with Crippen molar-refractivity contribution < 1.29 is 4.42 Å². The summed E-state index contributed by atoms with van der Waals surface area (Å²) in [4.78, 5) is 7.21. The summed E-state index contributed by atoms with van der Waals surface area (Å²) < 4.78 is 7.74. The normalized spacial score (nSPS) is 18.8. The maximum atomic E-state index is 5.87. The summed E-state index contributed by atoms with van der Waals surface area (Å²) in [5, 5.41) is 8.44. The fraction of sp³-hybridized carbons (Fsp3) is 0.412. The SMILES string of the molecule is Cc1oc(-c2ccsc2)nc1CN1CCC[C@@H]1c1cnn(C)c1. The molecule has 3 aromatic heterocycles. The Morgan fingerprint density at radius 3 is 3.09 bits per heavy atom. The van der Waals surface area contributed by atoms with Gasteiger partial charge in [0.05, 0.1) is 11.9 Å². The zero-order valence-corrected chi connectivity index (χ0v) is 14.2. The van der Waals surface area contributed by atoms with Crippen LogP contribution in [0.15, 0.2) is 33.6 Å². The molecule has 1 aliphatic heterocycles. The Hall–Kier alpha value is -1.92. The second kappa shape index (κ2) is 5.94. The highest BCUT2D eigenvalue weighted by Crippen LogP contribution is 2.34. The molecule has 0 radical (unpaired) electrons. The minimum absolute atomic E-state index is 0.435. The minimum Gasteiger partial charge on any atom is -0.441 e. The van der Waals surface area contributed by atoms with Gasteiger partial charge in [-0.2, -0.15) is 16.4 Å². The van der Waals surface area contributed by atoms with Crippen molar-refractivity contribution in [3.05, 3.63) is 46.2 Å². The van der Waals surface area contributed by atoms with Crippen molar-refractivity contribution >= 4 is 11.3 Å². The second-order valence-corrected chi connectivity index (χ2v) is 6.89. The van der Waals surface area contributed by atoms with Gasteiger partial charge in [-0.3, -0.25) is 9.58 Å². The van der Waals surface area contributed by atoms with Gasteiger partial charge >= 0.3 is 0 Å². The number of oxazole rings is 1. The molecule has 5 nitrogen and oxygen atoms in total. The van der Waals surface area contributed by atoms with Crippen molar-refractivity contribution in [1.29, 1.82) is 0 Å². The smallest absolute Gasteiger partial charge is 0.227 e. The molecule has 0 N–H and O–H groups in total. The predicted molar refractivity (Wildman–Crippen MR) is 90.1 cm³/mol. The lowest BCUT2D eigenvalue weighted by atomic mass is 10.1. The highest BCUT2D eigenvalue weighted by atomic mass is 32.1. The Bertz CT molecular complexity index is 789. The molecule has 1 atom stereocenters. The van der Waals surface area contributed by atoms with Gasteiger partial charge in [-0.05, 0) is 37.8 Å². The first kappa shape index (κ1) is 14.7. The molecule has 0 bridgehead atoms. The number of nitrogens with zero attached hydrogens (tertiary/aromatic N) is 4. The molecule has 1 saturated heterocycles. The summed E-state index contributed by atoms with van der Waals surface area (Å²) in [7, 11) is 1.97. The molecule has 0 aliphatic carbocycles. The lowest BCUT2D eigenvalue weighted by Crippen LogP contribution is -2.23. The molecule has 4 rings (SSSR count). The zero-order valence-electron chi connectivity index (χ0n) is 13.4. The number of hydrogen-bond donors (Lipinski definition) is 0. The average molecular weight is 328 g/mol. The van der Waals surface area contributed by atoms with E-state index in [9.17, 15) is 0 Å². The summed E-state index contributed by atoms with van der Waals surface area (Å²) in [6.07, 6.45) is 6.50. The van der Waals surface area contributed by atoms with Crippen LogP contribution < -0.4 is 0 Å². The van der Waals surface area contributed by atoms with Crippen molar-refractivity contribution in [2.75, 3.05) is 6.54 Å². The van der Waals surface area contributed by atoms with Crippen LogP contribution in [-0.4, -0.2) is 26.2 Å². The van der Waals surface area contributed by atoms with Crippen LogP contribution in [0.4, 0.5) is 0 Å². The molecule has 1 aliphatic rings. The molecule has 3 aromatic rings. The molecule has 0 aromatic carbocycles. The van der Waals surface area contributed by atoms with E-state index in [-0.39, 0.29) is 0 Å². The molecule has 23 heavy (non-hydrogen) atoms. The lowest BCUT2D eigenvalue weighted by molar-refractivity contribution is 0.244. The van der Waals surface area contributed by atoms with Crippen LogP contribution >= 0.6 is 11.3 Å². The van der Waals surface area contributed by atoms with E-state index in [1.54, 1.807) is 11.3 Å². The fourth-order valence-corrected chi connectivity index (χ4v) is 3.91. The van der Waals surface area contributed by atoms with Crippen LogP contribution in [0.2, 0.25) is 0 Å². The maximum Gasteiger partial charge on any atom is 0.227 e. The van der Waals surface area contributed by atoms with Crippen molar-refractivity contribution in [3.8, 4) is 11.5 Å². The van der Waals surface area contributed by atoms with Crippen molar-refractivity contribution in [2.24, 2.45) is 7.05 Å². The van der Waals surface area contributed by atoms with E-state index >= 15 is 0 Å². The van der Waals surface area contributed by atoms with E-state index in [2.05, 4.69) is 21.6 Å². The van der Waals surface area contributed by atoms with Gasteiger partial charge in [0.25, 0.3) is 0 Å². The molecular formula is C17H20N4OS. The van der Waals surface area contributed by atoms with Crippen LogP contribution in [0.25, 0.3) is 11.5 Å². The zero-order chi connectivity index (χ0) is 15.8. The standard InChI is InChI=1S/C17H20N4OS/c1-12-15(19-17(22-12)13-5-7-23-11-13)10-21-6-3-4-16(21)14-8-18-20(2)9-14/h5,7-9,11,16H,3-4,6,10H2,1-2H3/t16-/m1/s1. The highest BCUT2D eigenvalue weighted by Gasteiger charge is 2.28. The summed E-state index contributed by atoms with van der Waals surface area (Å²) in [6.45, 7) is 3.94. The molecule has 0 unspecified atom stereocenters. The number of likely N-dealkylation sites (tertiary alicyclic amines) is 1. The average Bonchev–Trinajstić information content (AvgIpc) is 3.28. The molecule has 0 saturated carbocycles. The second-order valence-electron chi connectivity index (χ2n) is 6.11. The van der Waals surface area contributed by atoms with Crippen LogP contribution in [0.3, 0.4) is 0 Å². The summed E-state index contributed by atoms with van der Waals surface area (Å²) in [5.74, 6) is 1.65. The van der Waals surface area contributed by atoms with E-state index < -0.39 is 0 Å². The topological polar surface area (TPSA) is 47.1 Å². The minimum atomic E-state index is 0.435. The monoisotopic (exact) mass is 328 g/mol. The van der Waals surface area contributed by atoms with Gasteiger partial charge < -0.3 is 4.42 Å². The number of hydrogen-bond acceptors (Lipinski definition) is 5. The van der Waals surface area contributed by atoms with E-state index in [0.717, 1.165) is 36.0 Å². The molecular weight excluding hydrogens is 308 g/mol. The molecule has 120 valence electrons. The van der Waals surface area contributed by atoms with Gasteiger partial charge in [-0.25, -0.2) is 4.98 Å². The Morgan fingerprint density at radius 1 is 1.43 bits per heavy atom. The van der Waals surface area contributed by atoms with Crippen LogP contribution in [0, 0.1) is 6.92 Å². The van der Waals surface area contributed by atoms with Crippen molar-refractivity contribution in [1.82, 2.24) is 19.7 Å². The first-order chi connectivity index (χ1) is 11.2. The van der Waals surface area contributed by atoms with Gasteiger partial charge in [0.1, 0.15) is 5.76 Å². The van der Waals surface area contributed by atoms with Crippen LogP contribution in [0.1, 0.15) is 35.9 Å². The summed E-state index contributed by atoms with van der Waals surface area (Å²) in [5.41, 5.74) is 3.40. The highest BCUT2D eigenvalue weighted by molar-refractivity contribution is 7.08. The van der Waals surface area contributed by atoms with Gasteiger partial charge in [0.2, 0.25) is 5.89 Å².